The Morgan fingerprint density at radius 1 is 1.14 bits per heavy atom. The molecule has 1 saturated heterocycles. The van der Waals surface area contributed by atoms with Gasteiger partial charge in [0.1, 0.15) is 0 Å². The van der Waals surface area contributed by atoms with Gasteiger partial charge >= 0.3 is 0 Å². The first kappa shape index (κ1) is 18.8. The van der Waals surface area contributed by atoms with E-state index >= 15 is 0 Å². The van der Waals surface area contributed by atoms with Gasteiger partial charge in [0.05, 0.1) is 23.3 Å². The van der Waals surface area contributed by atoms with Crippen molar-refractivity contribution in [3.05, 3.63) is 65.3 Å². The second-order valence-corrected chi connectivity index (χ2v) is 9.23. The molecule has 1 fully saturated rings. The molecule has 0 unspecified atom stereocenters. The maximum absolute atomic E-state index is 12.3. The topological polar surface area (TPSA) is 78.1 Å². The van der Waals surface area contributed by atoms with Crippen LogP contribution in [-0.4, -0.2) is 30.9 Å². The fourth-order valence-corrected chi connectivity index (χ4v) is 5.21. The zero-order valence-corrected chi connectivity index (χ0v) is 16.8. The molecule has 1 aliphatic heterocycles. The predicted molar refractivity (Wildman–Crippen MR) is 113 cm³/mol. The van der Waals surface area contributed by atoms with Crippen molar-refractivity contribution >= 4 is 33.0 Å². The fourth-order valence-electron chi connectivity index (χ4n) is 3.39. The lowest BCUT2D eigenvalue weighted by Gasteiger charge is -2.28. The first-order valence-electron chi connectivity index (χ1n) is 9.15. The summed E-state index contributed by atoms with van der Waals surface area (Å²) in [4.78, 5) is 0. The number of anilines is 2. The number of sulfonamides is 1. The summed E-state index contributed by atoms with van der Waals surface area (Å²) in [5, 5.41) is 11.2. The number of rotatable bonds is 5. The molecule has 0 atom stereocenters. The lowest BCUT2D eigenvalue weighted by atomic mass is 10.1. The summed E-state index contributed by atoms with van der Waals surface area (Å²) in [6, 6.07) is 15.1. The van der Waals surface area contributed by atoms with Crippen LogP contribution in [0, 0.1) is 0 Å². The second kappa shape index (κ2) is 7.85. The molecule has 1 aliphatic rings. The van der Waals surface area contributed by atoms with Gasteiger partial charge in [-0.1, -0.05) is 29.8 Å². The molecule has 2 N–H and O–H groups in total. The number of hydrogen-bond donors (Lipinski definition) is 2. The van der Waals surface area contributed by atoms with Crippen molar-refractivity contribution in [1.29, 1.82) is 0 Å². The maximum Gasteiger partial charge on any atom is 0.235 e. The van der Waals surface area contributed by atoms with Crippen molar-refractivity contribution in [2.75, 3.05) is 21.9 Å². The van der Waals surface area contributed by atoms with Gasteiger partial charge in [0.2, 0.25) is 10.0 Å². The summed E-state index contributed by atoms with van der Waals surface area (Å²) in [6.45, 7) is 1.08. The van der Waals surface area contributed by atoms with E-state index in [0.29, 0.717) is 23.8 Å². The van der Waals surface area contributed by atoms with Crippen LogP contribution in [0.3, 0.4) is 0 Å². The molecule has 3 aromatic rings. The minimum atomic E-state index is -3.22. The third kappa shape index (κ3) is 4.00. The van der Waals surface area contributed by atoms with Gasteiger partial charge in [-0.3, -0.25) is 9.40 Å². The summed E-state index contributed by atoms with van der Waals surface area (Å²) in [7, 11) is -3.22. The van der Waals surface area contributed by atoms with E-state index in [-0.39, 0.29) is 5.75 Å². The average molecular weight is 417 g/mol. The molecule has 0 amide bonds. The zero-order valence-electron chi connectivity index (χ0n) is 15.2. The van der Waals surface area contributed by atoms with Crippen molar-refractivity contribution in [3.63, 3.8) is 0 Å². The van der Waals surface area contributed by atoms with E-state index in [2.05, 4.69) is 15.5 Å². The van der Waals surface area contributed by atoms with Crippen LogP contribution in [0.15, 0.2) is 54.7 Å². The number of nitrogens with zero attached hydrogens (tertiary/aromatic N) is 2. The molecule has 146 valence electrons. The van der Waals surface area contributed by atoms with E-state index in [4.69, 9.17) is 11.6 Å². The summed E-state index contributed by atoms with van der Waals surface area (Å²) < 4.78 is 26.2. The van der Waals surface area contributed by atoms with E-state index < -0.39 is 10.0 Å². The molecule has 1 aromatic heterocycles. The molecule has 6 nitrogen and oxygen atoms in total. The number of aromatic nitrogens is 2. The fraction of sp³-hybridized carbons (Fsp3) is 0.250. The van der Waals surface area contributed by atoms with Crippen molar-refractivity contribution in [2.45, 2.75) is 19.4 Å². The third-order valence-electron chi connectivity index (χ3n) is 4.80. The lowest BCUT2D eigenvalue weighted by molar-refractivity contribution is 0.574. The Bertz CT molecular complexity index is 1080. The predicted octanol–water partition coefficient (Wildman–Crippen LogP) is 4.27. The van der Waals surface area contributed by atoms with Crippen LogP contribution < -0.4 is 9.62 Å². The first-order valence-corrected chi connectivity index (χ1v) is 11.1. The van der Waals surface area contributed by atoms with Gasteiger partial charge < -0.3 is 5.32 Å². The van der Waals surface area contributed by atoms with E-state index in [1.807, 2.05) is 48.5 Å². The lowest BCUT2D eigenvalue weighted by Crippen LogP contribution is -2.37. The molecular formula is C20H21ClN4O2S. The van der Waals surface area contributed by atoms with Gasteiger partial charge in [0, 0.05) is 34.9 Å². The second-order valence-electron chi connectivity index (χ2n) is 6.78. The molecule has 2 aromatic carbocycles. The molecular weight excluding hydrogens is 396 g/mol. The SMILES string of the molecule is O=S1(=O)CCCCN1c1cccc(NCc2cn[nH]c2-c2cccc(Cl)c2)c1. The number of nitrogens with one attached hydrogen (secondary N) is 2. The molecule has 0 spiro atoms. The van der Waals surface area contributed by atoms with Crippen LogP contribution >= 0.6 is 11.6 Å². The number of aromatic amines is 1. The molecule has 0 aliphatic carbocycles. The third-order valence-corrected chi connectivity index (χ3v) is 6.90. The first-order chi connectivity index (χ1) is 13.5. The number of halogens is 1. The van der Waals surface area contributed by atoms with Crippen molar-refractivity contribution in [3.8, 4) is 11.3 Å². The number of hydrogen-bond acceptors (Lipinski definition) is 4. The van der Waals surface area contributed by atoms with Gasteiger partial charge in [0.15, 0.2) is 0 Å². The van der Waals surface area contributed by atoms with Crippen LogP contribution in [0.25, 0.3) is 11.3 Å². The van der Waals surface area contributed by atoms with Crippen LogP contribution in [0.5, 0.6) is 0 Å². The smallest absolute Gasteiger partial charge is 0.235 e. The Labute approximate surface area is 169 Å². The molecule has 0 radical (unpaired) electrons. The molecule has 4 rings (SSSR count). The highest BCUT2D eigenvalue weighted by Gasteiger charge is 2.26. The Morgan fingerprint density at radius 2 is 2.00 bits per heavy atom. The van der Waals surface area contributed by atoms with E-state index in [0.717, 1.165) is 35.3 Å². The highest BCUT2D eigenvalue weighted by atomic mass is 35.5. The van der Waals surface area contributed by atoms with Crippen molar-refractivity contribution in [1.82, 2.24) is 10.2 Å². The number of benzene rings is 2. The number of H-pyrrole nitrogens is 1. The van der Waals surface area contributed by atoms with Gasteiger partial charge in [-0.2, -0.15) is 5.10 Å². The van der Waals surface area contributed by atoms with Crippen LogP contribution in [-0.2, 0) is 16.6 Å². The molecule has 2 heterocycles. The summed E-state index contributed by atoms with van der Waals surface area (Å²) >= 11 is 6.10. The maximum atomic E-state index is 12.3. The van der Waals surface area contributed by atoms with Gasteiger partial charge in [-0.25, -0.2) is 8.42 Å². The Hall–Kier alpha value is -2.51. The standard InChI is InChI=1S/C20H21ClN4O2S/c21-17-6-3-5-15(11-17)20-16(14-23-24-20)13-22-18-7-4-8-19(12-18)25-9-1-2-10-28(25,26)27/h3-8,11-12,14,22H,1-2,9-10,13H2,(H,23,24). The largest absolute Gasteiger partial charge is 0.381 e. The normalized spacial score (nSPS) is 16.1. The highest BCUT2D eigenvalue weighted by molar-refractivity contribution is 7.92. The van der Waals surface area contributed by atoms with Crippen LogP contribution in [0.2, 0.25) is 5.02 Å². The van der Waals surface area contributed by atoms with E-state index in [1.165, 1.54) is 4.31 Å². The molecule has 28 heavy (non-hydrogen) atoms. The summed E-state index contributed by atoms with van der Waals surface area (Å²) in [5.41, 5.74) is 4.43. The highest BCUT2D eigenvalue weighted by Crippen LogP contribution is 2.28. The van der Waals surface area contributed by atoms with Crippen molar-refractivity contribution < 1.29 is 8.42 Å². The molecule has 8 heteroatoms. The van der Waals surface area contributed by atoms with E-state index in [1.54, 1.807) is 6.20 Å². The zero-order chi connectivity index (χ0) is 19.6. The average Bonchev–Trinajstić information content (AvgIpc) is 3.15. The molecule has 0 saturated carbocycles. The minimum Gasteiger partial charge on any atom is -0.381 e. The van der Waals surface area contributed by atoms with Crippen LogP contribution in [0.4, 0.5) is 11.4 Å². The van der Waals surface area contributed by atoms with E-state index in [9.17, 15) is 8.42 Å². The van der Waals surface area contributed by atoms with Gasteiger partial charge in [-0.05, 0) is 43.2 Å². The van der Waals surface area contributed by atoms with Gasteiger partial charge in [0.25, 0.3) is 0 Å². The molecule has 0 bridgehead atoms. The Kier molecular flexibility index (Phi) is 5.28. The summed E-state index contributed by atoms with van der Waals surface area (Å²) in [5.74, 6) is 0.211. The minimum absolute atomic E-state index is 0.211. The quantitative estimate of drug-likeness (QED) is 0.651. The van der Waals surface area contributed by atoms with Crippen molar-refractivity contribution in [2.24, 2.45) is 0 Å². The summed E-state index contributed by atoms with van der Waals surface area (Å²) in [6.07, 6.45) is 3.39. The monoisotopic (exact) mass is 416 g/mol. The van der Waals surface area contributed by atoms with Gasteiger partial charge in [-0.15, -0.1) is 0 Å². The Morgan fingerprint density at radius 3 is 2.82 bits per heavy atom. The Balaban J connectivity index is 1.52. The van der Waals surface area contributed by atoms with Crippen LogP contribution in [0.1, 0.15) is 18.4 Å².